The van der Waals surface area contributed by atoms with E-state index >= 15 is 0 Å². The minimum absolute atomic E-state index is 0.00287. The second-order valence-corrected chi connectivity index (χ2v) is 3.14. The molecule has 0 bridgehead atoms. The minimum Gasteiger partial charge on any atom is -0.507 e. The molecule has 0 amide bonds. The fourth-order valence-electron chi connectivity index (χ4n) is 1.33. The normalized spacial score (nSPS) is 10.1. The molecule has 1 aromatic carbocycles. The van der Waals surface area contributed by atoms with Crippen LogP contribution in [-0.4, -0.2) is 16.2 Å². The zero-order valence-electron chi connectivity index (χ0n) is 7.88. The maximum atomic E-state index is 10.7. The van der Waals surface area contributed by atoms with E-state index < -0.39 is 5.97 Å². The minimum atomic E-state index is -1.09. The Kier molecular flexibility index (Phi) is 2.28. The third kappa shape index (κ3) is 1.49. The van der Waals surface area contributed by atoms with Crippen LogP contribution in [-0.2, 0) is 0 Å². The first-order valence-corrected chi connectivity index (χ1v) is 3.98. The summed E-state index contributed by atoms with van der Waals surface area (Å²) in [6.07, 6.45) is 0. The van der Waals surface area contributed by atoms with E-state index in [0.29, 0.717) is 5.56 Å². The Labute approximate surface area is 76.6 Å². The Morgan fingerprint density at radius 1 is 1.23 bits per heavy atom. The smallest absolute Gasteiger partial charge is 0.339 e. The lowest BCUT2D eigenvalue weighted by Gasteiger charge is -2.09. The van der Waals surface area contributed by atoms with E-state index in [-0.39, 0.29) is 11.3 Å². The fourth-order valence-corrected chi connectivity index (χ4v) is 1.33. The molecule has 0 heterocycles. The molecule has 0 fully saturated rings. The van der Waals surface area contributed by atoms with Gasteiger partial charge in [0.25, 0.3) is 0 Å². The van der Waals surface area contributed by atoms with Gasteiger partial charge >= 0.3 is 5.97 Å². The van der Waals surface area contributed by atoms with E-state index in [1.54, 1.807) is 6.92 Å². The summed E-state index contributed by atoms with van der Waals surface area (Å²) in [6, 6.07) is 1.48. The van der Waals surface area contributed by atoms with Crippen molar-refractivity contribution in [3.05, 3.63) is 28.3 Å². The van der Waals surface area contributed by atoms with Crippen LogP contribution >= 0.6 is 0 Å². The first-order chi connectivity index (χ1) is 5.95. The van der Waals surface area contributed by atoms with Crippen molar-refractivity contribution in [3.8, 4) is 5.75 Å². The standard InChI is InChI=1S/C10H12O3/c1-5-4-8(11)9(10(12)13)7(3)6(5)2/h4,11H,1-3H3,(H,12,13). The average molecular weight is 180 g/mol. The summed E-state index contributed by atoms with van der Waals surface area (Å²) < 4.78 is 0. The molecule has 2 N–H and O–H groups in total. The van der Waals surface area contributed by atoms with Crippen LogP contribution in [0.5, 0.6) is 5.75 Å². The molecule has 0 aliphatic heterocycles. The summed E-state index contributed by atoms with van der Waals surface area (Å²) in [6.45, 7) is 5.38. The van der Waals surface area contributed by atoms with Crippen LogP contribution in [0.4, 0.5) is 0 Å². The number of aryl methyl sites for hydroxylation is 1. The largest absolute Gasteiger partial charge is 0.507 e. The van der Waals surface area contributed by atoms with Crippen LogP contribution in [0.1, 0.15) is 27.0 Å². The fraction of sp³-hybridized carbons (Fsp3) is 0.300. The van der Waals surface area contributed by atoms with Gasteiger partial charge in [-0.2, -0.15) is 0 Å². The molecule has 0 aliphatic rings. The lowest BCUT2D eigenvalue weighted by atomic mass is 9.98. The van der Waals surface area contributed by atoms with Crippen molar-refractivity contribution in [2.45, 2.75) is 20.8 Å². The molecule has 0 radical (unpaired) electrons. The predicted octanol–water partition coefficient (Wildman–Crippen LogP) is 2.02. The Balaban J connectivity index is 3.53. The van der Waals surface area contributed by atoms with Gasteiger partial charge in [-0.25, -0.2) is 4.79 Å². The quantitative estimate of drug-likeness (QED) is 0.695. The first kappa shape index (κ1) is 9.58. The molecular formula is C10H12O3. The van der Waals surface area contributed by atoms with Gasteiger partial charge < -0.3 is 10.2 Å². The predicted molar refractivity (Wildman–Crippen MR) is 49.3 cm³/mol. The maximum Gasteiger partial charge on any atom is 0.339 e. The monoisotopic (exact) mass is 180 g/mol. The van der Waals surface area contributed by atoms with E-state index in [4.69, 9.17) is 5.11 Å². The number of carboxylic acid groups (broad SMARTS) is 1. The SMILES string of the molecule is Cc1cc(O)c(C(=O)O)c(C)c1C. The van der Waals surface area contributed by atoms with Crippen molar-refractivity contribution in [3.63, 3.8) is 0 Å². The molecule has 1 rings (SSSR count). The molecule has 3 nitrogen and oxygen atoms in total. The third-order valence-corrected chi connectivity index (χ3v) is 2.35. The summed E-state index contributed by atoms with van der Waals surface area (Å²) in [5.41, 5.74) is 2.45. The third-order valence-electron chi connectivity index (χ3n) is 2.35. The Bertz CT molecular complexity index is 367. The number of phenols is 1. The highest BCUT2D eigenvalue weighted by Gasteiger charge is 2.15. The van der Waals surface area contributed by atoms with Gasteiger partial charge in [0.15, 0.2) is 0 Å². The molecule has 70 valence electrons. The maximum absolute atomic E-state index is 10.7. The molecule has 0 saturated carbocycles. The highest BCUT2D eigenvalue weighted by molar-refractivity contribution is 5.93. The number of hydrogen-bond donors (Lipinski definition) is 2. The zero-order valence-corrected chi connectivity index (χ0v) is 7.88. The number of carbonyl (C=O) groups is 1. The van der Waals surface area contributed by atoms with Gasteiger partial charge in [0, 0.05) is 0 Å². The average Bonchev–Trinajstić information content (AvgIpc) is 1.99. The highest BCUT2D eigenvalue weighted by Crippen LogP contribution is 2.26. The van der Waals surface area contributed by atoms with Crippen molar-refractivity contribution >= 4 is 5.97 Å². The van der Waals surface area contributed by atoms with Crippen LogP contribution in [0, 0.1) is 20.8 Å². The summed E-state index contributed by atoms with van der Waals surface area (Å²) in [4.78, 5) is 10.7. The number of carboxylic acids is 1. The Morgan fingerprint density at radius 3 is 2.23 bits per heavy atom. The second kappa shape index (κ2) is 3.09. The van der Waals surface area contributed by atoms with Gasteiger partial charge in [-0.1, -0.05) is 0 Å². The topological polar surface area (TPSA) is 57.5 Å². The van der Waals surface area contributed by atoms with Gasteiger partial charge in [-0.3, -0.25) is 0 Å². The first-order valence-electron chi connectivity index (χ1n) is 3.98. The molecule has 0 spiro atoms. The van der Waals surface area contributed by atoms with Gasteiger partial charge in [0.2, 0.25) is 0 Å². The molecule has 0 aromatic heterocycles. The number of hydrogen-bond acceptors (Lipinski definition) is 2. The van der Waals surface area contributed by atoms with Crippen molar-refractivity contribution in [1.29, 1.82) is 0 Å². The van der Waals surface area contributed by atoms with Crippen LogP contribution in [0.15, 0.2) is 6.07 Å². The number of benzene rings is 1. The van der Waals surface area contributed by atoms with E-state index in [2.05, 4.69) is 0 Å². The number of aromatic carboxylic acids is 1. The molecule has 1 aromatic rings. The highest BCUT2D eigenvalue weighted by atomic mass is 16.4. The van der Waals surface area contributed by atoms with Gasteiger partial charge in [0.05, 0.1) is 0 Å². The molecule has 0 unspecified atom stereocenters. The van der Waals surface area contributed by atoms with Crippen molar-refractivity contribution in [1.82, 2.24) is 0 Å². The molecule has 0 saturated heterocycles. The Hall–Kier alpha value is -1.51. The van der Waals surface area contributed by atoms with Gasteiger partial charge in [-0.05, 0) is 43.5 Å². The molecule has 3 heteroatoms. The Morgan fingerprint density at radius 2 is 1.77 bits per heavy atom. The number of rotatable bonds is 1. The van der Waals surface area contributed by atoms with E-state index in [1.165, 1.54) is 6.07 Å². The summed E-state index contributed by atoms with van der Waals surface area (Å²) in [5, 5.41) is 18.2. The summed E-state index contributed by atoms with van der Waals surface area (Å²) in [5.74, 6) is -1.24. The molecular weight excluding hydrogens is 168 g/mol. The van der Waals surface area contributed by atoms with Crippen LogP contribution in [0.2, 0.25) is 0 Å². The molecule has 0 atom stereocenters. The zero-order chi connectivity index (χ0) is 10.2. The summed E-state index contributed by atoms with van der Waals surface area (Å²) >= 11 is 0. The van der Waals surface area contributed by atoms with E-state index in [9.17, 15) is 9.90 Å². The van der Waals surface area contributed by atoms with Crippen molar-refractivity contribution < 1.29 is 15.0 Å². The molecule has 0 aliphatic carbocycles. The van der Waals surface area contributed by atoms with Crippen molar-refractivity contribution in [2.75, 3.05) is 0 Å². The van der Waals surface area contributed by atoms with Gasteiger partial charge in [-0.15, -0.1) is 0 Å². The second-order valence-electron chi connectivity index (χ2n) is 3.14. The molecule has 13 heavy (non-hydrogen) atoms. The van der Waals surface area contributed by atoms with E-state index in [1.807, 2.05) is 13.8 Å². The summed E-state index contributed by atoms with van der Waals surface area (Å²) in [7, 11) is 0. The van der Waals surface area contributed by atoms with Crippen molar-refractivity contribution in [2.24, 2.45) is 0 Å². The van der Waals surface area contributed by atoms with Gasteiger partial charge in [0.1, 0.15) is 11.3 Å². The lowest BCUT2D eigenvalue weighted by molar-refractivity contribution is 0.0693. The van der Waals surface area contributed by atoms with E-state index in [0.717, 1.165) is 11.1 Å². The van der Waals surface area contributed by atoms with Crippen LogP contribution < -0.4 is 0 Å². The lowest BCUT2D eigenvalue weighted by Crippen LogP contribution is -2.03. The number of aromatic hydroxyl groups is 1. The van der Waals surface area contributed by atoms with Crippen LogP contribution in [0.25, 0.3) is 0 Å². The van der Waals surface area contributed by atoms with Crippen LogP contribution in [0.3, 0.4) is 0 Å².